The molecular weight excluding hydrogens is 302 g/mol. The quantitative estimate of drug-likeness (QED) is 0.819. The van der Waals surface area contributed by atoms with Crippen molar-refractivity contribution in [2.75, 3.05) is 13.7 Å². The molecule has 1 aliphatic heterocycles. The van der Waals surface area contributed by atoms with Gasteiger partial charge in [-0.05, 0) is 49.4 Å². The van der Waals surface area contributed by atoms with Gasteiger partial charge < -0.3 is 9.64 Å². The van der Waals surface area contributed by atoms with Crippen molar-refractivity contribution in [2.24, 2.45) is 0 Å². The van der Waals surface area contributed by atoms with E-state index in [9.17, 15) is 4.79 Å². The Balaban J connectivity index is 1.57. The first kappa shape index (κ1) is 16.6. The minimum Gasteiger partial charge on any atom is -0.497 e. The molecule has 128 valence electrons. The van der Waals surface area contributed by atoms with Gasteiger partial charge in [0, 0.05) is 25.4 Å². The number of amides is 1. The number of likely N-dealkylation sites (tertiary alicyclic amines) is 1. The molecule has 0 unspecified atom stereocenters. The SMILES string of the molecule is COc1ccc(CCC(=O)N2CCCC[C@H]2Cn2cccn2)cc1. The fourth-order valence-electron chi connectivity index (χ4n) is 3.33. The molecule has 0 aliphatic carbocycles. The average Bonchev–Trinajstić information content (AvgIpc) is 3.13. The predicted octanol–water partition coefficient (Wildman–Crippen LogP) is 2.91. The van der Waals surface area contributed by atoms with Gasteiger partial charge in [-0.3, -0.25) is 9.48 Å². The predicted molar refractivity (Wildman–Crippen MR) is 92.9 cm³/mol. The molecule has 0 spiro atoms. The molecule has 0 bridgehead atoms. The molecule has 1 atom stereocenters. The van der Waals surface area contributed by atoms with Crippen molar-refractivity contribution in [1.29, 1.82) is 0 Å². The Labute approximate surface area is 143 Å². The minimum absolute atomic E-state index is 0.252. The largest absolute Gasteiger partial charge is 0.497 e. The number of rotatable bonds is 6. The first-order valence-electron chi connectivity index (χ1n) is 8.66. The van der Waals surface area contributed by atoms with Gasteiger partial charge in [-0.2, -0.15) is 5.10 Å². The van der Waals surface area contributed by atoms with Crippen molar-refractivity contribution in [1.82, 2.24) is 14.7 Å². The normalized spacial score (nSPS) is 17.7. The first-order chi connectivity index (χ1) is 11.8. The number of benzene rings is 1. The molecule has 1 aromatic heterocycles. The van der Waals surface area contributed by atoms with E-state index >= 15 is 0 Å². The number of hydrogen-bond acceptors (Lipinski definition) is 3. The van der Waals surface area contributed by atoms with Crippen molar-refractivity contribution in [2.45, 2.75) is 44.7 Å². The molecule has 1 aliphatic rings. The number of aromatic nitrogens is 2. The number of methoxy groups -OCH3 is 1. The molecule has 24 heavy (non-hydrogen) atoms. The molecule has 1 amide bonds. The highest BCUT2D eigenvalue weighted by molar-refractivity contribution is 5.77. The van der Waals surface area contributed by atoms with Crippen LogP contribution >= 0.6 is 0 Å². The number of carbonyl (C=O) groups is 1. The summed E-state index contributed by atoms with van der Waals surface area (Å²) in [5.41, 5.74) is 1.17. The van der Waals surface area contributed by atoms with E-state index in [0.717, 1.165) is 38.1 Å². The second-order valence-corrected chi connectivity index (χ2v) is 6.31. The molecule has 3 rings (SSSR count). The second-order valence-electron chi connectivity index (χ2n) is 6.31. The number of carbonyl (C=O) groups excluding carboxylic acids is 1. The zero-order valence-corrected chi connectivity index (χ0v) is 14.2. The fraction of sp³-hybridized carbons (Fsp3) is 0.474. The summed E-state index contributed by atoms with van der Waals surface area (Å²) in [5.74, 6) is 1.10. The lowest BCUT2D eigenvalue weighted by molar-refractivity contribution is -0.135. The summed E-state index contributed by atoms with van der Waals surface area (Å²) in [5, 5.41) is 4.28. The van der Waals surface area contributed by atoms with Crippen LogP contribution in [0.25, 0.3) is 0 Å². The molecule has 1 aromatic carbocycles. The molecular formula is C19H25N3O2. The average molecular weight is 327 g/mol. The third-order valence-corrected chi connectivity index (χ3v) is 4.69. The van der Waals surface area contributed by atoms with Crippen molar-refractivity contribution in [3.05, 3.63) is 48.3 Å². The zero-order chi connectivity index (χ0) is 16.8. The number of hydrogen-bond donors (Lipinski definition) is 0. The Hall–Kier alpha value is -2.30. The van der Waals surface area contributed by atoms with Gasteiger partial charge in [-0.1, -0.05) is 12.1 Å². The monoisotopic (exact) mass is 327 g/mol. The van der Waals surface area contributed by atoms with Crippen molar-refractivity contribution in [3.63, 3.8) is 0 Å². The smallest absolute Gasteiger partial charge is 0.223 e. The molecule has 1 fully saturated rings. The zero-order valence-electron chi connectivity index (χ0n) is 14.2. The Morgan fingerprint density at radius 3 is 2.83 bits per heavy atom. The van der Waals surface area contributed by atoms with Crippen LogP contribution in [0.15, 0.2) is 42.7 Å². The van der Waals surface area contributed by atoms with Crippen LogP contribution < -0.4 is 4.74 Å². The summed E-state index contributed by atoms with van der Waals surface area (Å²) < 4.78 is 7.10. The van der Waals surface area contributed by atoms with E-state index < -0.39 is 0 Å². The fourth-order valence-corrected chi connectivity index (χ4v) is 3.33. The van der Waals surface area contributed by atoms with Crippen LogP contribution in [0.1, 0.15) is 31.2 Å². The lowest BCUT2D eigenvalue weighted by Gasteiger charge is -2.36. The summed E-state index contributed by atoms with van der Waals surface area (Å²) >= 11 is 0. The van der Waals surface area contributed by atoms with Gasteiger partial charge in [0.1, 0.15) is 5.75 Å². The maximum Gasteiger partial charge on any atom is 0.223 e. The van der Waals surface area contributed by atoms with Crippen molar-refractivity contribution < 1.29 is 9.53 Å². The van der Waals surface area contributed by atoms with E-state index in [0.29, 0.717) is 6.42 Å². The van der Waals surface area contributed by atoms with E-state index in [1.54, 1.807) is 13.3 Å². The van der Waals surface area contributed by atoms with Crippen molar-refractivity contribution in [3.8, 4) is 5.75 Å². The number of piperidine rings is 1. The first-order valence-corrected chi connectivity index (χ1v) is 8.66. The van der Waals surface area contributed by atoms with E-state index in [1.807, 2.05) is 41.2 Å². The van der Waals surface area contributed by atoms with E-state index in [-0.39, 0.29) is 11.9 Å². The third kappa shape index (κ3) is 4.16. The number of nitrogens with zero attached hydrogens (tertiary/aromatic N) is 3. The number of ether oxygens (including phenoxy) is 1. The molecule has 5 nitrogen and oxygen atoms in total. The lowest BCUT2D eigenvalue weighted by atomic mass is 10.0. The van der Waals surface area contributed by atoms with E-state index in [4.69, 9.17) is 4.74 Å². The Morgan fingerprint density at radius 1 is 1.29 bits per heavy atom. The van der Waals surface area contributed by atoms with Gasteiger partial charge in [0.05, 0.1) is 19.7 Å². The molecule has 0 radical (unpaired) electrons. The van der Waals surface area contributed by atoms with Crippen LogP contribution in [-0.4, -0.2) is 40.3 Å². The maximum absolute atomic E-state index is 12.7. The minimum atomic E-state index is 0.252. The standard InChI is InChI=1S/C19H25N3O2/c1-24-18-9-6-16(7-10-18)8-11-19(23)22-14-3-2-5-17(22)15-21-13-4-12-20-21/h4,6-7,9-10,12-13,17H,2-3,5,8,11,14-15H2,1H3/t17-/m0/s1. The Kier molecular flexibility index (Phi) is 5.51. The summed E-state index contributed by atoms with van der Waals surface area (Å²) in [6.07, 6.45) is 8.44. The molecule has 2 heterocycles. The van der Waals surface area contributed by atoms with Gasteiger partial charge in [0.2, 0.25) is 5.91 Å². The highest BCUT2D eigenvalue weighted by Gasteiger charge is 2.26. The van der Waals surface area contributed by atoms with Gasteiger partial charge in [0.15, 0.2) is 0 Å². The topological polar surface area (TPSA) is 47.4 Å². The highest BCUT2D eigenvalue weighted by Crippen LogP contribution is 2.20. The molecule has 0 saturated carbocycles. The molecule has 1 saturated heterocycles. The van der Waals surface area contributed by atoms with Crippen LogP contribution in [0.3, 0.4) is 0 Å². The Bertz CT molecular complexity index is 637. The van der Waals surface area contributed by atoms with E-state index in [1.165, 1.54) is 12.0 Å². The van der Waals surface area contributed by atoms with Crippen LogP contribution in [0, 0.1) is 0 Å². The number of aryl methyl sites for hydroxylation is 1. The lowest BCUT2D eigenvalue weighted by Crippen LogP contribution is -2.46. The molecule has 2 aromatic rings. The van der Waals surface area contributed by atoms with Crippen molar-refractivity contribution >= 4 is 5.91 Å². The van der Waals surface area contributed by atoms with Gasteiger partial charge in [0.25, 0.3) is 0 Å². The van der Waals surface area contributed by atoms with Crippen LogP contribution in [0.2, 0.25) is 0 Å². The van der Waals surface area contributed by atoms with Crippen LogP contribution in [0.5, 0.6) is 5.75 Å². The Morgan fingerprint density at radius 2 is 2.12 bits per heavy atom. The summed E-state index contributed by atoms with van der Waals surface area (Å²) in [4.78, 5) is 14.8. The van der Waals surface area contributed by atoms with Gasteiger partial charge in [-0.25, -0.2) is 0 Å². The van der Waals surface area contributed by atoms with Gasteiger partial charge >= 0.3 is 0 Å². The third-order valence-electron chi connectivity index (χ3n) is 4.69. The molecule has 5 heteroatoms. The summed E-state index contributed by atoms with van der Waals surface area (Å²) in [7, 11) is 1.66. The highest BCUT2D eigenvalue weighted by atomic mass is 16.5. The van der Waals surface area contributed by atoms with Crippen LogP contribution in [0.4, 0.5) is 0 Å². The van der Waals surface area contributed by atoms with Crippen LogP contribution in [-0.2, 0) is 17.8 Å². The maximum atomic E-state index is 12.7. The summed E-state index contributed by atoms with van der Waals surface area (Å²) in [6, 6.07) is 10.1. The van der Waals surface area contributed by atoms with E-state index in [2.05, 4.69) is 10.00 Å². The van der Waals surface area contributed by atoms with Gasteiger partial charge in [-0.15, -0.1) is 0 Å². The second kappa shape index (κ2) is 7.99. The summed E-state index contributed by atoms with van der Waals surface area (Å²) in [6.45, 7) is 1.66. The molecule has 0 N–H and O–H groups in total.